The van der Waals surface area contributed by atoms with Crippen LogP contribution in [-0.4, -0.2) is 99.8 Å². The lowest BCUT2D eigenvalue weighted by molar-refractivity contribution is -0.135. The third-order valence-corrected chi connectivity index (χ3v) is 7.02. The van der Waals surface area contributed by atoms with Crippen LogP contribution in [0.3, 0.4) is 0 Å². The summed E-state index contributed by atoms with van der Waals surface area (Å²) in [5, 5.41) is 0. The molecular weight excluding hydrogens is 384 g/mol. The molecular formula is C21H30N6O3. The number of rotatable bonds is 2. The average molecular weight is 415 g/mol. The van der Waals surface area contributed by atoms with Crippen molar-refractivity contribution < 1.29 is 14.4 Å². The Morgan fingerprint density at radius 2 is 1.83 bits per heavy atom. The highest BCUT2D eigenvalue weighted by atomic mass is 16.2. The number of hydrogen-bond acceptors (Lipinski definition) is 5. The molecule has 1 aromatic rings. The number of aryl methyl sites for hydroxylation is 1. The molecule has 4 amide bonds. The molecule has 9 heteroatoms. The van der Waals surface area contributed by atoms with E-state index in [4.69, 9.17) is 0 Å². The lowest BCUT2D eigenvalue weighted by Gasteiger charge is -2.47. The Balaban J connectivity index is 1.52. The number of carbonyl (C=O) groups is 3. The number of piperidine rings is 1. The third-order valence-electron chi connectivity index (χ3n) is 7.02. The van der Waals surface area contributed by atoms with E-state index in [1.54, 1.807) is 30.1 Å². The number of nitrogens with zero attached hydrogens (tertiary/aromatic N) is 6. The van der Waals surface area contributed by atoms with Gasteiger partial charge in [-0.3, -0.25) is 14.6 Å². The second kappa shape index (κ2) is 7.52. The van der Waals surface area contributed by atoms with Gasteiger partial charge in [-0.15, -0.1) is 0 Å². The predicted molar refractivity (Wildman–Crippen MR) is 110 cm³/mol. The molecule has 0 saturated carbocycles. The molecule has 30 heavy (non-hydrogen) atoms. The Kier molecular flexibility index (Phi) is 5.15. The predicted octanol–water partition coefficient (Wildman–Crippen LogP) is 0.852. The summed E-state index contributed by atoms with van der Waals surface area (Å²) in [4.78, 5) is 54.1. The zero-order valence-corrected chi connectivity index (χ0v) is 18.2. The largest absolute Gasteiger partial charge is 0.337 e. The first-order valence-electron chi connectivity index (χ1n) is 10.6. The van der Waals surface area contributed by atoms with Crippen molar-refractivity contribution in [3.63, 3.8) is 0 Å². The second-order valence-corrected chi connectivity index (χ2v) is 8.82. The molecule has 0 N–H and O–H groups in total. The zero-order chi connectivity index (χ0) is 21.6. The molecule has 4 heterocycles. The highest BCUT2D eigenvalue weighted by Gasteiger charge is 2.62. The minimum absolute atomic E-state index is 0.0408. The van der Waals surface area contributed by atoms with Gasteiger partial charge in [0.05, 0.1) is 23.3 Å². The van der Waals surface area contributed by atoms with Crippen molar-refractivity contribution in [3.8, 4) is 0 Å². The van der Waals surface area contributed by atoms with Crippen LogP contribution in [-0.2, 0) is 4.79 Å². The molecule has 3 saturated heterocycles. The molecule has 1 aromatic heterocycles. The van der Waals surface area contributed by atoms with Crippen molar-refractivity contribution in [2.45, 2.75) is 32.2 Å². The maximum Gasteiger partial charge on any atom is 0.319 e. The number of carbonyl (C=O) groups excluding carboxylic acids is 3. The summed E-state index contributed by atoms with van der Waals surface area (Å²) in [6, 6.07) is -0.0408. The van der Waals surface area contributed by atoms with Gasteiger partial charge in [0.1, 0.15) is 5.69 Å². The van der Waals surface area contributed by atoms with E-state index in [0.29, 0.717) is 38.4 Å². The second-order valence-electron chi connectivity index (χ2n) is 8.82. The number of aromatic nitrogens is 2. The first kappa shape index (κ1) is 20.6. The Morgan fingerprint density at radius 3 is 2.40 bits per heavy atom. The number of fused-ring (bicyclic) bond motifs is 2. The zero-order valence-electron chi connectivity index (χ0n) is 18.2. The fraction of sp³-hybridized carbons (Fsp3) is 0.667. The smallest absolute Gasteiger partial charge is 0.319 e. The first-order chi connectivity index (χ1) is 14.3. The number of urea groups is 1. The summed E-state index contributed by atoms with van der Waals surface area (Å²) in [6.45, 7) is 6.74. The van der Waals surface area contributed by atoms with Crippen LogP contribution in [0.25, 0.3) is 0 Å². The van der Waals surface area contributed by atoms with Crippen molar-refractivity contribution in [2.75, 3.05) is 46.8 Å². The lowest BCUT2D eigenvalue weighted by Crippen LogP contribution is -2.58. The van der Waals surface area contributed by atoms with Crippen molar-refractivity contribution in [3.05, 3.63) is 23.8 Å². The molecule has 0 radical (unpaired) electrons. The molecule has 3 aliphatic rings. The molecule has 0 bridgehead atoms. The van der Waals surface area contributed by atoms with Gasteiger partial charge in [-0.25, -0.2) is 9.78 Å². The van der Waals surface area contributed by atoms with Crippen molar-refractivity contribution in [2.24, 2.45) is 11.8 Å². The minimum atomic E-state index is -0.284. The SMILES string of the molecule is CCN1C(=O)[C@@H]2CN(C(=O)N(C)C)C[C@@H]2C12CCN(C(=O)c1cnc(C)cn1)CC2. The van der Waals surface area contributed by atoms with E-state index in [1.165, 1.54) is 6.20 Å². The van der Waals surface area contributed by atoms with Gasteiger partial charge in [-0.05, 0) is 26.7 Å². The highest BCUT2D eigenvalue weighted by Crippen LogP contribution is 2.49. The van der Waals surface area contributed by atoms with E-state index in [9.17, 15) is 14.4 Å². The van der Waals surface area contributed by atoms with Crippen LogP contribution < -0.4 is 0 Å². The van der Waals surface area contributed by atoms with Gasteiger partial charge in [-0.1, -0.05) is 0 Å². The monoisotopic (exact) mass is 414 g/mol. The number of amides is 4. The standard InChI is InChI=1S/C21H30N6O3/c1-5-27-18(28)15-12-26(20(30)24(3)4)13-16(15)21(27)6-8-25(9-7-21)19(29)17-11-22-14(2)10-23-17/h10-11,15-16H,5-9,12-13H2,1-4H3/t15-,16+/m1/s1. The third kappa shape index (κ3) is 3.11. The van der Waals surface area contributed by atoms with Crippen LogP contribution in [0.1, 0.15) is 35.9 Å². The van der Waals surface area contributed by atoms with Gasteiger partial charge in [0.2, 0.25) is 5.91 Å². The van der Waals surface area contributed by atoms with Crippen LogP contribution in [0.5, 0.6) is 0 Å². The molecule has 3 fully saturated rings. The van der Waals surface area contributed by atoms with Gasteiger partial charge >= 0.3 is 6.03 Å². The molecule has 162 valence electrons. The number of likely N-dealkylation sites (tertiary alicyclic amines) is 3. The molecule has 0 unspecified atom stereocenters. The molecule has 3 aliphatic heterocycles. The van der Waals surface area contributed by atoms with Gasteiger partial charge in [0.15, 0.2) is 0 Å². The van der Waals surface area contributed by atoms with Crippen molar-refractivity contribution in [1.29, 1.82) is 0 Å². The Labute approximate surface area is 177 Å². The van der Waals surface area contributed by atoms with Crippen LogP contribution in [0, 0.1) is 18.8 Å². The van der Waals surface area contributed by atoms with Crippen molar-refractivity contribution >= 4 is 17.8 Å². The van der Waals surface area contributed by atoms with Gasteiger partial charge in [0.25, 0.3) is 5.91 Å². The lowest BCUT2D eigenvalue weighted by atomic mass is 9.75. The number of hydrogen-bond donors (Lipinski definition) is 0. The topological polar surface area (TPSA) is 90.0 Å². The molecule has 2 atom stereocenters. The van der Waals surface area contributed by atoms with Crippen LogP contribution >= 0.6 is 0 Å². The summed E-state index contributed by atoms with van der Waals surface area (Å²) in [6.07, 6.45) is 4.58. The molecule has 1 spiro atoms. The fourth-order valence-corrected chi connectivity index (χ4v) is 5.53. The highest BCUT2D eigenvalue weighted by molar-refractivity contribution is 5.92. The fourth-order valence-electron chi connectivity index (χ4n) is 5.53. The first-order valence-corrected chi connectivity index (χ1v) is 10.6. The molecule has 0 aromatic carbocycles. The summed E-state index contributed by atoms with van der Waals surface area (Å²) in [5.74, 6) is 0.0159. The van der Waals surface area contributed by atoms with E-state index in [0.717, 1.165) is 18.5 Å². The summed E-state index contributed by atoms with van der Waals surface area (Å²) in [5.41, 5.74) is 0.845. The van der Waals surface area contributed by atoms with Gasteiger partial charge < -0.3 is 19.6 Å². The van der Waals surface area contributed by atoms with Crippen molar-refractivity contribution in [1.82, 2.24) is 29.6 Å². The summed E-state index contributed by atoms with van der Waals surface area (Å²) in [7, 11) is 3.48. The minimum Gasteiger partial charge on any atom is -0.337 e. The maximum absolute atomic E-state index is 13.2. The van der Waals surface area contributed by atoms with E-state index in [2.05, 4.69) is 9.97 Å². The molecule has 0 aliphatic carbocycles. The average Bonchev–Trinajstić information content (AvgIpc) is 3.27. The summed E-state index contributed by atoms with van der Waals surface area (Å²) < 4.78 is 0. The maximum atomic E-state index is 13.2. The van der Waals surface area contributed by atoms with E-state index < -0.39 is 0 Å². The normalized spacial score (nSPS) is 25.1. The van der Waals surface area contributed by atoms with E-state index in [-0.39, 0.29) is 35.2 Å². The summed E-state index contributed by atoms with van der Waals surface area (Å²) >= 11 is 0. The Hall–Kier alpha value is -2.71. The van der Waals surface area contributed by atoms with Gasteiger partial charge in [-0.2, -0.15) is 0 Å². The van der Waals surface area contributed by atoms with Gasteiger partial charge in [0, 0.05) is 58.9 Å². The quantitative estimate of drug-likeness (QED) is 0.716. The van der Waals surface area contributed by atoms with Crippen LogP contribution in [0.4, 0.5) is 4.79 Å². The van der Waals surface area contributed by atoms with Crippen LogP contribution in [0.2, 0.25) is 0 Å². The van der Waals surface area contributed by atoms with E-state index >= 15 is 0 Å². The Bertz CT molecular complexity index is 847. The Morgan fingerprint density at radius 1 is 1.13 bits per heavy atom. The van der Waals surface area contributed by atoms with E-state index in [1.807, 2.05) is 23.6 Å². The van der Waals surface area contributed by atoms with Crippen LogP contribution in [0.15, 0.2) is 12.4 Å². The molecule has 4 rings (SSSR count). The molecule has 9 nitrogen and oxygen atoms in total.